The van der Waals surface area contributed by atoms with Crippen molar-refractivity contribution in [1.82, 2.24) is 0 Å². The fourth-order valence-corrected chi connectivity index (χ4v) is 0.674. The number of ether oxygens (including phenoxy) is 2. The highest BCUT2D eigenvalue weighted by Gasteiger charge is 2.01. The molecule has 4 heteroatoms. The summed E-state index contributed by atoms with van der Waals surface area (Å²) in [4.78, 5) is 10.6. The van der Waals surface area contributed by atoms with Gasteiger partial charge in [0.2, 0.25) is 0 Å². The maximum Gasteiger partial charge on any atom is 0.513 e. The molecule has 0 unspecified atom stereocenters. The molecule has 0 amide bonds. The third kappa shape index (κ3) is 2.16. The number of nitrogens with two attached hydrogens (primary N) is 1. The number of hydrogen-bond donors (Lipinski definition) is 1. The van der Waals surface area contributed by atoms with Crippen LogP contribution in [0.15, 0.2) is 24.3 Å². The smallest absolute Gasteiger partial charge is 0.437 e. The van der Waals surface area contributed by atoms with Crippen molar-refractivity contribution >= 4 is 11.8 Å². The van der Waals surface area contributed by atoms with Crippen LogP contribution < -0.4 is 10.5 Å². The second kappa shape index (κ2) is 3.61. The number of hydrogen-bond acceptors (Lipinski definition) is 4. The monoisotopic (exact) mass is 167 g/mol. The minimum Gasteiger partial charge on any atom is -0.437 e. The summed E-state index contributed by atoms with van der Waals surface area (Å²) in [5.74, 6) is 0.413. The van der Waals surface area contributed by atoms with E-state index in [9.17, 15) is 4.79 Å². The molecule has 0 saturated carbocycles. The number of methoxy groups -OCH3 is 1. The van der Waals surface area contributed by atoms with Gasteiger partial charge in [0.25, 0.3) is 0 Å². The van der Waals surface area contributed by atoms with E-state index in [1.807, 2.05) is 0 Å². The summed E-state index contributed by atoms with van der Waals surface area (Å²) >= 11 is 0. The van der Waals surface area contributed by atoms with Crippen molar-refractivity contribution < 1.29 is 14.3 Å². The number of anilines is 1. The zero-order valence-corrected chi connectivity index (χ0v) is 6.61. The Balaban J connectivity index is 2.64. The predicted octanol–water partition coefficient (Wildman–Crippen LogP) is 1.41. The van der Waals surface area contributed by atoms with Crippen molar-refractivity contribution in [1.29, 1.82) is 0 Å². The van der Waals surface area contributed by atoms with Crippen LogP contribution in [0, 0.1) is 0 Å². The Hall–Kier alpha value is -1.71. The van der Waals surface area contributed by atoms with Gasteiger partial charge in [-0.1, -0.05) is 0 Å². The molecule has 0 saturated heterocycles. The summed E-state index contributed by atoms with van der Waals surface area (Å²) in [6.07, 6.45) is -0.736. The van der Waals surface area contributed by atoms with Gasteiger partial charge in [-0.3, -0.25) is 0 Å². The van der Waals surface area contributed by atoms with E-state index in [-0.39, 0.29) is 0 Å². The van der Waals surface area contributed by atoms with E-state index in [1.54, 1.807) is 24.3 Å². The number of carbonyl (C=O) groups excluding carboxylic acids is 1. The van der Waals surface area contributed by atoms with Gasteiger partial charge in [-0.25, -0.2) is 4.79 Å². The van der Waals surface area contributed by atoms with E-state index in [0.29, 0.717) is 11.4 Å². The summed E-state index contributed by atoms with van der Waals surface area (Å²) in [5, 5.41) is 0. The molecule has 0 aliphatic heterocycles. The second-order valence-electron chi connectivity index (χ2n) is 2.13. The highest BCUT2D eigenvalue weighted by Crippen LogP contribution is 2.13. The Morgan fingerprint density at radius 3 is 2.42 bits per heavy atom. The van der Waals surface area contributed by atoms with Gasteiger partial charge in [-0.05, 0) is 24.3 Å². The fourth-order valence-electron chi connectivity index (χ4n) is 0.674. The van der Waals surface area contributed by atoms with Crippen LogP contribution in [0.3, 0.4) is 0 Å². The van der Waals surface area contributed by atoms with Crippen LogP contribution in [0.2, 0.25) is 0 Å². The number of rotatable bonds is 1. The second-order valence-corrected chi connectivity index (χ2v) is 2.13. The van der Waals surface area contributed by atoms with Crippen molar-refractivity contribution in [3.05, 3.63) is 24.3 Å². The van der Waals surface area contributed by atoms with Crippen LogP contribution in [0.4, 0.5) is 10.5 Å². The Kier molecular flexibility index (Phi) is 2.53. The standard InChI is InChI=1S/C8H9NO3/c1-11-8(10)12-7-4-2-6(9)3-5-7/h2-5H,9H2,1H3. The molecule has 1 rings (SSSR count). The lowest BCUT2D eigenvalue weighted by Gasteiger charge is -2.01. The third-order valence-corrected chi connectivity index (χ3v) is 1.25. The van der Waals surface area contributed by atoms with E-state index >= 15 is 0 Å². The minimum absolute atomic E-state index is 0.413. The van der Waals surface area contributed by atoms with Crippen LogP contribution in [-0.2, 0) is 4.74 Å². The van der Waals surface area contributed by atoms with E-state index in [0.717, 1.165) is 0 Å². The number of carbonyl (C=O) groups is 1. The molecule has 0 aromatic heterocycles. The summed E-state index contributed by atoms with van der Waals surface area (Å²) in [5.41, 5.74) is 6.04. The van der Waals surface area contributed by atoms with E-state index < -0.39 is 6.16 Å². The van der Waals surface area contributed by atoms with Crippen molar-refractivity contribution in [2.75, 3.05) is 12.8 Å². The zero-order chi connectivity index (χ0) is 8.97. The van der Waals surface area contributed by atoms with Crippen LogP contribution in [0.25, 0.3) is 0 Å². The average molecular weight is 167 g/mol. The molecule has 0 heterocycles. The first-order valence-electron chi connectivity index (χ1n) is 3.33. The van der Waals surface area contributed by atoms with E-state index in [2.05, 4.69) is 4.74 Å². The van der Waals surface area contributed by atoms with E-state index in [1.165, 1.54) is 7.11 Å². The molecule has 0 fully saturated rings. The van der Waals surface area contributed by atoms with Gasteiger partial charge in [-0.15, -0.1) is 0 Å². The van der Waals surface area contributed by atoms with Crippen LogP contribution in [0.5, 0.6) is 5.75 Å². The highest BCUT2D eigenvalue weighted by molar-refractivity contribution is 5.63. The SMILES string of the molecule is COC(=O)Oc1ccc(N)cc1. The van der Waals surface area contributed by atoms with Crippen molar-refractivity contribution in [2.24, 2.45) is 0 Å². The first-order chi connectivity index (χ1) is 5.72. The van der Waals surface area contributed by atoms with Gasteiger partial charge in [-0.2, -0.15) is 0 Å². The molecule has 0 aliphatic rings. The molecule has 0 atom stereocenters. The topological polar surface area (TPSA) is 61.5 Å². The van der Waals surface area contributed by atoms with E-state index in [4.69, 9.17) is 10.5 Å². The van der Waals surface area contributed by atoms with Crippen LogP contribution in [0.1, 0.15) is 0 Å². The Bertz CT molecular complexity index is 268. The summed E-state index contributed by atoms with van der Waals surface area (Å²) in [7, 11) is 1.25. The summed E-state index contributed by atoms with van der Waals surface area (Å²) < 4.78 is 8.99. The van der Waals surface area contributed by atoms with Crippen molar-refractivity contribution in [3.63, 3.8) is 0 Å². The molecule has 64 valence electrons. The van der Waals surface area contributed by atoms with Gasteiger partial charge in [0.1, 0.15) is 5.75 Å². The zero-order valence-electron chi connectivity index (χ0n) is 6.61. The molecule has 12 heavy (non-hydrogen) atoms. The fraction of sp³-hybridized carbons (Fsp3) is 0.125. The Morgan fingerprint density at radius 2 is 1.92 bits per heavy atom. The quantitative estimate of drug-likeness (QED) is 0.390. The highest BCUT2D eigenvalue weighted by atomic mass is 16.7. The molecule has 4 nitrogen and oxygen atoms in total. The predicted molar refractivity (Wildman–Crippen MR) is 43.9 cm³/mol. The van der Waals surface area contributed by atoms with Gasteiger partial charge < -0.3 is 15.2 Å². The van der Waals surface area contributed by atoms with Gasteiger partial charge in [0.05, 0.1) is 7.11 Å². The Morgan fingerprint density at radius 1 is 1.33 bits per heavy atom. The van der Waals surface area contributed by atoms with Crippen molar-refractivity contribution in [2.45, 2.75) is 0 Å². The molecular weight excluding hydrogens is 158 g/mol. The van der Waals surface area contributed by atoms with Gasteiger partial charge >= 0.3 is 6.16 Å². The van der Waals surface area contributed by atoms with Crippen molar-refractivity contribution in [3.8, 4) is 5.75 Å². The molecule has 2 N–H and O–H groups in total. The van der Waals surface area contributed by atoms with Crippen LogP contribution >= 0.6 is 0 Å². The maximum absolute atomic E-state index is 10.6. The first-order valence-corrected chi connectivity index (χ1v) is 3.33. The largest absolute Gasteiger partial charge is 0.513 e. The molecule has 0 radical (unpaired) electrons. The summed E-state index contributed by atoms with van der Waals surface area (Å²) in [6, 6.07) is 6.45. The lowest BCUT2D eigenvalue weighted by atomic mass is 10.3. The summed E-state index contributed by atoms with van der Waals surface area (Å²) in [6.45, 7) is 0. The normalized spacial score (nSPS) is 9.08. The Labute approximate surface area is 69.9 Å². The lowest BCUT2D eigenvalue weighted by Crippen LogP contribution is -2.06. The third-order valence-electron chi connectivity index (χ3n) is 1.25. The number of benzene rings is 1. The molecule has 0 spiro atoms. The molecule has 0 aliphatic carbocycles. The van der Waals surface area contributed by atoms with Gasteiger partial charge in [0.15, 0.2) is 0 Å². The molecule has 1 aromatic carbocycles. The molecular formula is C8H9NO3. The average Bonchev–Trinajstić information content (AvgIpc) is 2.09. The minimum atomic E-state index is -0.736. The maximum atomic E-state index is 10.6. The van der Waals surface area contributed by atoms with Crippen LogP contribution in [-0.4, -0.2) is 13.3 Å². The number of nitrogen functional groups attached to an aromatic ring is 1. The van der Waals surface area contributed by atoms with Gasteiger partial charge in [0, 0.05) is 5.69 Å². The first kappa shape index (κ1) is 8.39. The molecule has 1 aromatic rings. The lowest BCUT2D eigenvalue weighted by molar-refractivity contribution is 0.121. The molecule has 0 bridgehead atoms.